The van der Waals surface area contributed by atoms with Crippen LogP contribution in [0.25, 0.3) is 0 Å². The van der Waals surface area contributed by atoms with Crippen molar-refractivity contribution in [3.05, 3.63) is 29.0 Å². The predicted octanol–water partition coefficient (Wildman–Crippen LogP) is 1.97. The van der Waals surface area contributed by atoms with E-state index < -0.39 is 11.9 Å². The van der Waals surface area contributed by atoms with Crippen LogP contribution in [0.5, 0.6) is 0 Å². The summed E-state index contributed by atoms with van der Waals surface area (Å²) in [5.41, 5.74) is 0.428. The molecule has 1 saturated heterocycles. The lowest BCUT2D eigenvalue weighted by molar-refractivity contribution is -0.132. The molecular formula is C13H14ClFN2O2. The fourth-order valence-electron chi connectivity index (χ4n) is 1.99. The Labute approximate surface area is 115 Å². The SMILES string of the molecule is CC(C)C1NC(=O)CN(c2ccc(F)c(Cl)c2)C1=O. The van der Waals surface area contributed by atoms with Crippen LogP contribution in [0.2, 0.25) is 5.02 Å². The van der Waals surface area contributed by atoms with E-state index in [1.54, 1.807) is 0 Å². The fraction of sp³-hybridized carbons (Fsp3) is 0.385. The van der Waals surface area contributed by atoms with Gasteiger partial charge in [0.15, 0.2) is 0 Å². The van der Waals surface area contributed by atoms with Crippen LogP contribution in [0.4, 0.5) is 10.1 Å². The van der Waals surface area contributed by atoms with E-state index in [0.717, 1.165) is 0 Å². The molecule has 19 heavy (non-hydrogen) atoms. The molecule has 2 rings (SSSR count). The molecule has 0 bridgehead atoms. The molecule has 2 amide bonds. The molecule has 1 aliphatic heterocycles. The van der Waals surface area contributed by atoms with Gasteiger partial charge in [0.2, 0.25) is 11.8 Å². The quantitative estimate of drug-likeness (QED) is 0.903. The summed E-state index contributed by atoms with van der Waals surface area (Å²) in [6.07, 6.45) is 0. The first-order valence-corrected chi connectivity index (χ1v) is 6.33. The number of hydrogen-bond donors (Lipinski definition) is 1. The number of anilines is 1. The second-order valence-electron chi connectivity index (χ2n) is 4.81. The van der Waals surface area contributed by atoms with E-state index in [0.29, 0.717) is 5.69 Å². The van der Waals surface area contributed by atoms with Crippen LogP contribution in [0.3, 0.4) is 0 Å². The molecule has 1 aliphatic rings. The lowest BCUT2D eigenvalue weighted by atomic mass is 10.0. The topological polar surface area (TPSA) is 49.4 Å². The minimum absolute atomic E-state index is 0.0184. The lowest BCUT2D eigenvalue weighted by Gasteiger charge is -2.34. The lowest BCUT2D eigenvalue weighted by Crippen LogP contribution is -2.60. The molecule has 1 heterocycles. The molecule has 1 unspecified atom stereocenters. The first kappa shape index (κ1) is 13.8. The van der Waals surface area contributed by atoms with Crippen LogP contribution in [-0.4, -0.2) is 24.4 Å². The number of amides is 2. The average Bonchev–Trinajstić information content (AvgIpc) is 2.35. The summed E-state index contributed by atoms with van der Waals surface area (Å²) >= 11 is 5.70. The third-order valence-electron chi connectivity index (χ3n) is 3.03. The highest BCUT2D eigenvalue weighted by Gasteiger charge is 2.35. The third kappa shape index (κ3) is 2.71. The maximum atomic E-state index is 13.1. The van der Waals surface area contributed by atoms with Crippen molar-refractivity contribution >= 4 is 29.1 Å². The van der Waals surface area contributed by atoms with Crippen LogP contribution in [0.15, 0.2) is 18.2 Å². The van der Waals surface area contributed by atoms with E-state index in [2.05, 4.69) is 5.32 Å². The molecule has 1 aromatic carbocycles. The van der Waals surface area contributed by atoms with Crippen molar-refractivity contribution in [2.24, 2.45) is 5.92 Å². The van der Waals surface area contributed by atoms with E-state index in [-0.39, 0.29) is 29.3 Å². The Morgan fingerprint density at radius 3 is 2.68 bits per heavy atom. The van der Waals surface area contributed by atoms with Gasteiger partial charge in [-0.25, -0.2) is 4.39 Å². The Kier molecular flexibility index (Phi) is 3.75. The number of nitrogens with one attached hydrogen (secondary N) is 1. The van der Waals surface area contributed by atoms with Gasteiger partial charge < -0.3 is 10.2 Å². The molecule has 6 heteroatoms. The molecule has 1 aromatic rings. The van der Waals surface area contributed by atoms with Gasteiger partial charge in [-0.2, -0.15) is 0 Å². The van der Waals surface area contributed by atoms with Crippen molar-refractivity contribution in [2.45, 2.75) is 19.9 Å². The largest absolute Gasteiger partial charge is 0.342 e. The van der Waals surface area contributed by atoms with Gasteiger partial charge in [-0.05, 0) is 24.1 Å². The van der Waals surface area contributed by atoms with Gasteiger partial charge in [-0.1, -0.05) is 25.4 Å². The number of nitrogens with zero attached hydrogens (tertiary/aromatic N) is 1. The maximum absolute atomic E-state index is 13.1. The molecule has 1 atom stereocenters. The molecule has 0 saturated carbocycles. The monoisotopic (exact) mass is 284 g/mol. The summed E-state index contributed by atoms with van der Waals surface area (Å²) < 4.78 is 13.1. The van der Waals surface area contributed by atoms with Crippen LogP contribution in [-0.2, 0) is 9.59 Å². The van der Waals surface area contributed by atoms with Crippen molar-refractivity contribution in [1.82, 2.24) is 5.32 Å². The summed E-state index contributed by atoms with van der Waals surface area (Å²) in [7, 11) is 0. The Morgan fingerprint density at radius 1 is 1.42 bits per heavy atom. The normalized spacial score (nSPS) is 19.8. The summed E-state index contributed by atoms with van der Waals surface area (Å²) in [6.45, 7) is 3.62. The highest BCUT2D eigenvalue weighted by molar-refractivity contribution is 6.31. The van der Waals surface area contributed by atoms with Crippen molar-refractivity contribution in [3.63, 3.8) is 0 Å². The standard InChI is InChI=1S/C13H14ClFN2O2/c1-7(2)12-13(19)17(6-11(18)16-12)8-3-4-10(15)9(14)5-8/h3-5,7,12H,6H2,1-2H3,(H,16,18). The van der Waals surface area contributed by atoms with Crippen LogP contribution in [0.1, 0.15) is 13.8 Å². The zero-order valence-corrected chi connectivity index (χ0v) is 11.4. The Bertz CT molecular complexity index is 533. The number of carbonyl (C=O) groups is 2. The van der Waals surface area contributed by atoms with Crippen molar-refractivity contribution in [3.8, 4) is 0 Å². The molecule has 102 valence electrons. The van der Waals surface area contributed by atoms with Gasteiger partial charge in [0, 0.05) is 5.69 Å². The summed E-state index contributed by atoms with van der Waals surface area (Å²) in [6, 6.07) is 3.41. The van der Waals surface area contributed by atoms with Crippen LogP contribution in [0, 0.1) is 11.7 Å². The number of halogens is 2. The van der Waals surface area contributed by atoms with E-state index in [9.17, 15) is 14.0 Å². The number of carbonyl (C=O) groups excluding carboxylic acids is 2. The zero-order valence-electron chi connectivity index (χ0n) is 10.6. The van der Waals surface area contributed by atoms with E-state index in [4.69, 9.17) is 11.6 Å². The predicted molar refractivity (Wildman–Crippen MR) is 70.5 cm³/mol. The summed E-state index contributed by atoms with van der Waals surface area (Å²) in [5, 5.41) is 2.58. The smallest absolute Gasteiger partial charge is 0.250 e. The number of benzene rings is 1. The van der Waals surface area contributed by atoms with Gasteiger partial charge >= 0.3 is 0 Å². The van der Waals surface area contributed by atoms with Gasteiger partial charge in [-0.15, -0.1) is 0 Å². The van der Waals surface area contributed by atoms with Gasteiger partial charge in [0.1, 0.15) is 18.4 Å². The molecule has 0 radical (unpaired) electrons. The molecule has 1 fully saturated rings. The number of rotatable bonds is 2. The van der Waals surface area contributed by atoms with Gasteiger partial charge in [0.25, 0.3) is 0 Å². The molecule has 0 aliphatic carbocycles. The summed E-state index contributed by atoms with van der Waals surface area (Å²) in [4.78, 5) is 25.3. The van der Waals surface area contributed by atoms with Crippen molar-refractivity contribution in [2.75, 3.05) is 11.4 Å². The van der Waals surface area contributed by atoms with Gasteiger partial charge in [-0.3, -0.25) is 9.59 Å². The minimum atomic E-state index is -0.565. The average molecular weight is 285 g/mol. The molecular weight excluding hydrogens is 271 g/mol. The molecule has 4 nitrogen and oxygen atoms in total. The van der Waals surface area contributed by atoms with E-state index in [1.165, 1.54) is 23.1 Å². The molecule has 0 aromatic heterocycles. The fourth-order valence-corrected chi connectivity index (χ4v) is 2.17. The van der Waals surface area contributed by atoms with Crippen LogP contribution < -0.4 is 10.2 Å². The highest BCUT2D eigenvalue weighted by atomic mass is 35.5. The van der Waals surface area contributed by atoms with E-state index in [1.807, 2.05) is 13.8 Å². The first-order chi connectivity index (χ1) is 8.90. The zero-order chi connectivity index (χ0) is 14.2. The number of piperazine rings is 1. The van der Waals surface area contributed by atoms with Crippen molar-refractivity contribution < 1.29 is 14.0 Å². The summed E-state index contributed by atoms with van der Waals surface area (Å²) in [5.74, 6) is -1.02. The molecule has 1 N–H and O–H groups in total. The highest BCUT2D eigenvalue weighted by Crippen LogP contribution is 2.25. The second-order valence-corrected chi connectivity index (χ2v) is 5.22. The Morgan fingerprint density at radius 2 is 2.11 bits per heavy atom. The number of hydrogen-bond acceptors (Lipinski definition) is 2. The third-order valence-corrected chi connectivity index (χ3v) is 3.32. The van der Waals surface area contributed by atoms with Crippen molar-refractivity contribution in [1.29, 1.82) is 0 Å². The van der Waals surface area contributed by atoms with Crippen LogP contribution >= 0.6 is 11.6 Å². The molecule has 0 spiro atoms. The van der Waals surface area contributed by atoms with E-state index >= 15 is 0 Å². The first-order valence-electron chi connectivity index (χ1n) is 5.96. The van der Waals surface area contributed by atoms with Gasteiger partial charge in [0.05, 0.1) is 5.02 Å². The maximum Gasteiger partial charge on any atom is 0.250 e. The Balaban J connectivity index is 2.34. The Hall–Kier alpha value is -1.62. The minimum Gasteiger partial charge on any atom is -0.342 e. The second kappa shape index (κ2) is 5.17.